The standard InChI is InChI=1S/C31H35FN2O2/c1-23-25(22-36-27-11-9-24(21-35)10-12-27)5-2-6-28(23)29-7-3-8-31-30(29)15-20-34(31)17-4-16-33-18-13-26(32)14-19-33/h2-3,5-12,21,26H,4,13-20,22H2,1H3. The number of rotatable bonds is 9. The number of aldehydes is 1. The molecule has 2 aliphatic rings. The number of nitrogens with zero attached hydrogens (tertiary/aromatic N) is 2. The van der Waals surface area contributed by atoms with Gasteiger partial charge in [0.25, 0.3) is 0 Å². The van der Waals surface area contributed by atoms with Gasteiger partial charge in [-0.1, -0.05) is 30.3 Å². The second-order valence-electron chi connectivity index (χ2n) is 9.98. The first-order chi connectivity index (χ1) is 17.6. The van der Waals surface area contributed by atoms with Crippen LogP contribution < -0.4 is 9.64 Å². The summed E-state index contributed by atoms with van der Waals surface area (Å²) < 4.78 is 19.4. The number of ether oxygens (including phenoxy) is 1. The highest BCUT2D eigenvalue weighted by atomic mass is 19.1. The summed E-state index contributed by atoms with van der Waals surface area (Å²) in [5, 5.41) is 0. The summed E-state index contributed by atoms with van der Waals surface area (Å²) in [6.07, 6.45) is 3.78. The molecule has 0 atom stereocenters. The highest BCUT2D eigenvalue weighted by Gasteiger charge is 2.23. The maximum absolute atomic E-state index is 13.4. The molecule has 3 aromatic rings. The summed E-state index contributed by atoms with van der Waals surface area (Å²) in [5.41, 5.74) is 8.41. The molecule has 1 saturated heterocycles. The van der Waals surface area contributed by atoms with E-state index in [0.717, 1.165) is 63.2 Å². The fraction of sp³-hybridized carbons (Fsp3) is 0.387. The van der Waals surface area contributed by atoms with E-state index in [1.165, 1.54) is 27.9 Å². The predicted molar refractivity (Wildman–Crippen MR) is 144 cm³/mol. The maximum Gasteiger partial charge on any atom is 0.150 e. The molecule has 0 aliphatic carbocycles. The van der Waals surface area contributed by atoms with Crippen molar-refractivity contribution >= 4 is 12.0 Å². The van der Waals surface area contributed by atoms with Crippen molar-refractivity contribution in [1.82, 2.24) is 4.90 Å². The van der Waals surface area contributed by atoms with E-state index < -0.39 is 6.17 Å². The molecule has 1 fully saturated rings. The summed E-state index contributed by atoms with van der Waals surface area (Å²) in [5.74, 6) is 0.760. The van der Waals surface area contributed by atoms with Crippen LogP contribution in [0.2, 0.25) is 0 Å². The quantitative estimate of drug-likeness (QED) is 0.335. The van der Waals surface area contributed by atoms with Gasteiger partial charge in [-0.05, 0) is 97.3 Å². The van der Waals surface area contributed by atoms with Crippen molar-refractivity contribution in [2.24, 2.45) is 0 Å². The molecule has 0 radical (unpaired) electrons. The summed E-state index contributed by atoms with van der Waals surface area (Å²) in [6, 6.07) is 20.4. The average Bonchev–Trinajstić information content (AvgIpc) is 3.33. The number of piperidine rings is 1. The maximum atomic E-state index is 13.4. The lowest BCUT2D eigenvalue weighted by molar-refractivity contribution is 0.112. The number of benzene rings is 3. The molecule has 5 rings (SSSR count). The molecule has 0 N–H and O–H groups in total. The van der Waals surface area contributed by atoms with Gasteiger partial charge < -0.3 is 14.5 Å². The molecule has 0 amide bonds. The second kappa shape index (κ2) is 11.3. The molecule has 0 saturated carbocycles. The van der Waals surface area contributed by atoms with Crippen LogP contribution in [0, 0.1) is 6.92 Å². The number of anilines is 1. The molecule has 0 aromatic heterocycles. The van der Waals surface area contributed by atoms with Crippen LogP contribution in [0.5, 0.6) is 5.75 Å². The van der Waals surface area contributed by atoms with Crippen molar-refractivity contribution in [3.8, 4) is 16.9 Å². The van der Waals surface area contributed by atoms with Gasteiger partial charge in [-0.3, -0.25) is 4.79 Å². The van der Waals surface area contributed by atoms with Crippen LogP contribution in [0.15, 0.2) is 60.7 Å². The molecule has 2 heterocycles. The zero-order valence-electron chi connectivity index (χ0n) is 21.1. The number of fused-ring (bicyclic) bond motifs is 1. The van der Waals surface area contributed by atoms with E-state index in [4.69, 9.17) is 4.74 Å². The van der Waals surface area contributed by atoms with Crippen molar-refractivity contribution in [2.75, 3.05) is 37.6 Å². The van der Waals surface area contributed by atoms with Crippen molar-refractivity contribution in [3.63, 3.8) is 0 Å². The van der Waals surface area contributed by atoms with Gasteiger partial charge in [0, 0.05) is 37.4 Å². The lowest BCUT2D eigenvalue weighted by atomic mass is 9.92. The van der Waals surface area contributed by atoms with Gasteiger partial charge in [0.1, 0.15) is 24.8 Å². The summed E-state index contributed by atoms with van der Waals surface area (Å²) >= 11 is 0. The SMILES string of the molecule is Cc1c(COc2ccc(C=O)cc2)cccc1-c1cccc2c1CCN2CCCN1CCC(F)CC1. The first-order valence-corrected chi connectivity index (χ1v) is 13.1. The number of likely N-dealkylation sites (tertiary alicyclic amines) is 1. The molecule has 3 aromatic carbocycles. The first-order valence-electron chi connectivity index (χ1n) is 13.1. The van der Waals surface area contributed by atoms with E-state index in [2.05, 4.69) is 53.1 Å². The predicted octanol–water partition coefficient (Wildman–Crippen LogP) is 6.24. The van der Waals surface area contributed by atoms with Crippen LogP contribution in [0.25, 0.3) is 11.1 Å². The van der Waals surface area contributed by atoms with E-state index in [1.807, 2.05) is 12.1 Å². The third-order valence-electron chi connectivity index (χ3n) is 7.69. The van der Waals surface area contributed by atoms with Crippen LogP contribution >= 0.6 is 0 Å². The van der Waals surface area contributed by atoms with Gasteiger partial charge in [0.15, 0.2) is 0 Å². The molecule has 5 heteroatoms. The molecular formula is C31H35FN2O2. The number of hydrogen-bond donors (Lipinski definition) is 0. The fourth-order valence-corrected chi connectivity index (χ4v) is 5.53. The largest absolute Gasteiger partial charge is 0.489 e. The van der Waals surface area contributed by atoms with Crippen molar-refractivity contribution in [3.05, 3.63) is 82.9 Å². The molecule has 4 nitrogen and oxygen atoms in total. The molecule has 188 valence electrons. The lowest BCUT2D eigenvalue weighted by Gasteiger charge is -2.29. The minimum Gasteiger partial charge on any atom is -0.489 e. The van der Waals surface area contributed by atoms with E-state index in [-0.39, 0.29) is 0 Å². The monoisotopic (exact) mass is 486 g/mol. The Balaban J connectivity index is 1.26. The zero-order valence-corrected chi connectivity index (χ0v) is 21.1. The van der Waals surface area contributed by atoms with Crippen LogP contribution in [-0.4, -0.2) is 50.1 Å². The Bertz CT molecular complexity index is 1190. The normalized spacial score (nSPS) is 16.2. The summed E-state index contributed by atoms with van der Waals surface area (Å²) in [4.78, 5) is 15.8. The topological polar surface area (TPSA) is 32.8 Å². The Morgan fingerprint density at radius 3 is 2.47 bits per heavy atom. The van der Waals surface area contributed by atoms with Gasteiger partial charge in [0.2, 0.25) is 0 Å². The lowest BCUT2D eigenvalue weighted by Crippen LogP contribution is -2.36. The number of hydrogen-bond acceptors (Lipinski definition) is 4. The van der Waals surface area contributed by atoms with Gasteiger partial charge in [0.05, 0.1) is 0 Å². The molecule has 36 heavy (non-hydrogen) atoms. The number of halogens is 1. The zero-order chi connectivity index (χ0) is 24.9. The van der Waals surface area contributed by atoms with Gasteiger partial charge in [-0.15, -0.1) is 0 Å². The van der Waals surface area contributed by atoms with Crippen LogP contribution in [0.1, 0.15) is 46.3 Å². The first kappa shape index (κ1) is 24.5. The van der Waals surface area contributed by atoms with Gasteiger partial charge >= 0.3 is 0 Å². The third kappa shape index (κ3) is 5.46. The molecule has 2 aliphatic heterocycles. The minimum atomic E-state index is -0.603. The Labute approximate surface area is 213 Å². The second-order valence-corrected chi connectivity index (χ2v) is 9.98. The summed E-state index contributed by atoms with van der Waals surface area (Å²) in [7, 11) is 0. The molecule has 0 bridgehead atoms. The Kier molecular flexibility index (Phi) is 7.66. The van der Waals surface area contributed by atoms with E-state index in [0.29, 0.717) is 25.0 Å². The minimum absolute atomic E-state index is 0.487. The highest BCUT2D eigenvalue weighted by Crippen LogP contribution is 2.38. The van der Waals surface area contributed by atoms with E-state index in [1.54, 1.807) is 12.1 Å². The van der Waals surface area contributed by atoms with E-state index in [9.17, 15) is 9.18 Å². The molecule has 0 spiro atoms. The van der Waals surface area contributed by atoms with Crippen LogP contribution in [0.4, 0.5) is 10.1 Å². The highest BCUT2D eigenvalue weighted by molar-refractivity contribution is 5.79. The third-order valence-corrected chi connectivity index (χ3v) is 7.69. The number of carbonyl (C=O) groups is 1. The van der Waals surface area contributed by atoms with Crippen LogP contribution in [0.3, 0.4) is 0 Å². The van der Waals surface area contributed by atoms with Crippen LogP contribution in [-0.2, 0) is 13.0 Å². The molecule has 0 unspecified atom stereocenters. The fourth-order valence-electron chi connectivity index (χ4n) is 5.53. The Hall–Kier alpha value is -3.18. The van der Waals surface area contributed by atoms with Crippen molar-refractivity contribution in [2.45, 2.75) is 45.4 Å². The van der Waals surface area contributed by atoms with Crippen molar-refractivity contribution in [1.29, 1.82) is 0 Å². The Morgan fingerprint density at radius 2 is 1.69 bits per heavy atom. The summed E-state index contributed by atoms with van der Waals surface area (Å²) in [6.45, 7) is 7.60. The smallest absolute Gasteiger partial charge is 0.150 e. The average molecular weight is 487 g/mol. The van der Waals surface area contributed by atoms with E-state index >= 15 is 0 Å². The van der Waals surface area contributed by atoms with Crippen molar-refractivity contribution < 1.29 is 13.9 Å². The Morgan fingerprint density at radius 1 is 0.944 bits per heavy atom. The van der Waals surface area contributed by atoms with Gasteiger partial charge in [-0.2, -0.15) is 0 Å². The number of carbonyl (C=O) groups excluding carboxylic acids is 1. The van der Waals surface area contributed by atoms with Gasteiger partial charge in [-0.25, -0.2) is 4.39 Å². The number of alkyl halides is 1. The molecular weight excluding hydrogens is 451 g/mol.